The second-order valence-corrected chi connectivity index (χ2v) is 8.85. The van der Waals surface area contributed by atoms with Crippen molar-refractivity contribution in [3.05, 3.63) is 102 Å². The number of rotatable bonds is 8. The minimum Gasteiger partial charge on any atom is -0.387 e. The fraction of sp³-hybridized carbons (Fsp3) is 0.174. The van der Waals surface area contributed by atoms with Gasteiger partial charge in [0.25, 0.3) is 5.91 Å². The largest absolute Gasteiger partial charge is 0.387 e. The number of hydrogen-bond donors (Lipinski definition) is 2. The third kappa shape index (κ3) is 5.68. The molecule has 3 aromatic carbocycles. The van der Waals surface area contributed by atoms with Crippen LogP contribution in [0.1, 0.15) is 27.6 Å². The summed E-state index contributed by atoms with van der Waals surface area (Å²) in [5, 5.41) is 12.9. The van der Waals surface area contributed by atoms with Gasteiger partial charge in [-0.05, 0) is 35.4 Å². The number of sulfonamides is 1. The van der Waals surface area contributed by atoms with Crippen LogP contribution in [0.2, 0.25) is 0 Å². The Labute approximate surface area is 176 Å². The average molecular weight is 425 g/mol. The Morgan fingerprint density at radius 1 is 0.933 bits per heavy atom. The Morgan fingerprint density at radius 3 is 2.07 bits per heavy atom. The van der Waals surface area contributed by atoms with Gasteiger partial charge in [-0.3, -0.25) is 9.10 Å². The standard InChI is InChI=1S/C23H24N2O4S/c1-30(28,29)25(17-18-8-4-2-5-9-18)21-14-12-20(13-15-21)23(27)24-16-22(26)19-10-6-3-7-11-19/h2-15,22,26H,16-17H2,1H3,(H,24,27)/t22-/m0/s1. The molecule has 0 aliphatic heterocycles. The molecule has 156 valence electrons. The summed E-state index contributed by atoms with van der Waals surface area (Å²) in [5.41, 5.74) is 2.44. The van der Waals surface area contributed by atoms with E-state index >= 15 is 0 Å². The highest BCUT2D eigenvalue weighted by molar-refractivity contribution is 7.92. The van der Waals surface area contributed by atoms with E-state index in [9.17, 15) is 18.3 Å². The quantitative estimate of drug-likeness (QED) is 0.582. The van der Waals surface area contributed by atoms with Crippen LogP contribution in [-0.4, -0.2) is 32.2 Å². The van der Waals surface area contributed by atoms with Crippen molar-refractivity contribution in [2.75, 3.05) is 17.1 Å². The number of benzene rings is 3. The summed E-state index contributed by atoms with van der Waals surface area (Å²) in [6.07, 6.45) is 0.350. The molecule has 0 bridgehead atoms. The fourth-order valence-electron chi connectivity index (χ4n) is 3.01. The van der Waals surface area contributed by atoms with Crippen LogP contribution in [0.15, 0.2) is 84.9 Å². The third-order valence-electron chi connectivity index (χ3n) is 4.63. The molecule has 0 saturated carbocycles. The number of nitrogens with zero attached hydrogens (tertiary/aromatic N) is 1. The van der Waals surface area contributed by atoms with Gasteiger partial charge < -0.3 is 10.4 Å². The second kappa shape index (κ2) is 9.56. The predicted molar refractivity (Wildman–Crippen MR) is 118 cm³/mol. The number of carbonyl (C=O) groups is 1. The van der Waals surface area contributed by atoms with Crippen molar-refractivity contribution in [1.82, 2.24) is 5.32 Å². The number of aliphatic hydroxyl groups is 1. The summed E-state index contributed by atoms with van der Waals surface area (Å²) in [4.78, 5) is 12.4. The van der Waals surface area contributed by atoms with Crippen molar-refractivity contribution >= 4 is 21.6 Å². The molecule has 1 atom stereocenters. The van der Waals surface area contributed by atoms with Crippen molar-refractivity contribution in [3.8, 4) is 0 Å². The van der Waals surface area contributed by atoms with Gasteiger partial charge >= 0.3 is 0 Å². The number of hydrogen-bond acceptors (Lipinski definition) is 4. The third-order valence-corrected chi connectivity index (χ3v) is 5.77. The highest BCUT2D eigenvalue weighted by Gasteiger charge is 2.18. The maximum atomic E-state index is 12.4. The molecule has 0 spiro atoms. The molecule has 1 amide bonds. The van der Waals surface area contributed by atoms with Crippen LogP contribution in [0, 0.1) is 0 Å². The van der Waals surface area contributed by atoms with Gasteiger partial charge in [-0.1, -0.05) is 60.7 Å². The minimum atomic E-state index is -3.50. The van der Waals surface area contributed by atoms with Crippen molar-refractivity contribution < 1.29 is 18.3 Å². The molecule has 0 unspecified atom stereocenters. The average Bonchev–Trinajstić information content (AvgIpc) is 2.76. The molecule has 0 radical (unpaired) electrons. The van der Waals surface area contributed by atoms with E-state index in [1.807, 2.05) is 48.5 Å². The van der Waals surface area contributed by atoms with Crippen molar-refractivity contribution in [3.63, 3.8) is 0 Å². The van der Waals surface area contributed by atoms with E-state index < -0.39 is 16.1 Å². The van der Waals surface area contributed by atoms with Crippen molar-refractivity contribution in [1.29, 1.82) is 0 Å². The predicted octanol–water partition coefficient (Wildman–Crippen LogP) is 3.12. The van der Waals surface area contributed by atoms with Gasteiger partial charge in [-0.2, -0.15) is 0 Å². The van der Waals surface area contributed by atoms with E-state index in [-0.39, 0.29) is 19.0 Å². The van der Waals surface area contributed by atoms with Crippen LogP contribution >= 0.6 is 0 Å². The Kier molecular flexibility index (Phi) is 6.87. The normalized spacial score (nSPS) is 12.2. The van der Waals surface area contributed by atoms with Crippen LogP contribution in [0.4, 0.5) is 5.69 Å². The van der Waals surface area contributed by atoms with Crippen molar-refractivity contribution in [2.45, 2.75) is 12.6 Å². The van der Waals surface area contributed by atoms with Crippen LogP contribution in [0.5, 0.6) is 0 Å². The first-order valence-corrected chi connectivity index (χ1v) is 11.3. The molecule has 3 rings (SSSR count). The zero-order valence-corrected chi connectivity index (χ0v) is 17.4. The van der Waals surface area contributed by atoms with Gasteiger partial charge in [0, 0.05) is 12.1 Å². The highest BCUT2D eigenvalue weighted by atomic mass is 32.2. The zero-order chi connectivity index (χ0) is 21.6. The number of nitrogens with one attached hydrogen (secondary N) is 1. The van der Waals surface area contributed by atoms with Crippen LogP contribution < -0.4 is 9.62 Å². The second-order valence-electron chi connectivity index (χ2n) is 6.94. The smallest absolute Gasteiger partial charge is 0.251 e. The monoisotopic (exact) mass is 424 g/mol. The summed E-state index contributed by atoms with van der Waals surface area (Å²) < 4.78 is 25.9. The summed E-state index contributed by atoms with van der Waals surface area (Å²) in [7, 11) is -3.50. The number of amides is 1. The molecule has 3 aromatic rings. The lowest BCUT2D eigenvalue weighted by Crippen LogP contribution is -2.30. The lowest BCUT2D eigenvalue weighted by Gasteiger charge is -2.22. The molecule has 2 N–H and O–H groups in total. The van der Waals surface area contributed by atoms with E-state index in [2.05, 4.69) is 5.32 Å². The summed E-state index contributed by atoms with van der Waals surface area (Å²) in [5.74, 6) is -0.342. The van der Waals surface area contributed by atoms with E-state index in [0.29, 0.717) is 11.3 Å². The van der Waals surface area contributed by atoms with Gasteiger partial charge in [0.1, 0.15) is 0 Å². The van der Waals surface area contributed by atoms with Gasteiger partial charge in [0.2, 0.25) is 10.0 Å². The molecular formula is C23H24N2O4S. The molecular weight excluding hydrogens is 400 g/mol. The summed E-state index contributed by atoms with van der Waals surface area (Å²) >= 11 is 0. The van der Waals surface area contributed by atoms with Crippen molar-refractivity contribution in [2.24, 2.45) is 0 Å². The Morgan fingerprint density at radius 2 is 1.50 bits per heavy atom. The lowest BCUT2D eigenvalue weighted by molar-refractivity contribution is 0.0916. The summed E-state index contributed by atoms with van der Waals surface area (Å²) in [6, 6.07) is 24.7. The Balaban J connectivity index is 1.68. The first kappa shape index (κ1) is 21.5. The zero-order valence-electron chi connectivity index (χ0n) is 16.6. The van der Waals surface area contributed by atoms with Gasteiger partial charge in [-0.15, -0.1) is 0 Å². The van der Waals surface area contributed by atoms with Gasteiger partial charge in [-0.25, -0.2) is 8.42 Å². The molecule has 7 heteroatoms. The maximum absolute atomic E-state index is 12.4. The first-order chi connectivity index (χ1) is 14.3. The van der Waals surface area contributed by atoms with Gasteiger partial charge in [0.05, 0.1) is 24.6 Å². The van der Waals surface area contributed by atoms with E-state index in [1.165, 1.54) is 4.31 Å². The Hall–Kier alpha value is -3.16. The van der Waals surface area contributed by atoms with Crippen LogP contribution in [0.25, 0.3) is 0 Å². The van der Waals surface area contributed by atoms with E-state index in [0.717, 1.165) is 17.4 Å². The minimum absolute atomic E-state index is 0.0774. The molecule has 6 nitrogen and oxygen atoms in total. The SMILES string of the molecule is CS(=O)(=O)N(Cc1ccccc1)c1ccc(C(=O)NC[C@H](O)c2ccccc2)cc1. The molecule has 0 aliphatic rings. The Bertz CT molecular complexity index is 1070. The molecule has 30 heavy (non-hydrogen) atoms. The number of anilines is 1. The topological polar surface area (TPSA) is 86.7 Å². The summed E-state index contributed by atoms with van der Waals surface area (Å²) in [6.45, 7) is 0.280. The van der Waals surface area contributed by atoms with Crippen LogP contribution in [0.3, 0.4) is 0 Å². The first-order valence-electron chi connectivity index (χ1n) is 9.47. The van der Waals surface area contributed by atoms with Crippen LogP contribution in [-0.2, 0) is 16.6 Å². The molecule has 0 aliphatic carbocycles. The molecule has 0 heterocycles. The highest BCUT2D eigenvalue weighted by Crippen LogP contribution is 2.21. The lowest BCUT2D eigenvalue weighted by atomic mass is 10.1. The molecule has 0 fully saturated rings. The van der Waals surface area contributed by atoms with E-state index in [1.54, 1.807) is 36.4 Å². The molecule has 0 aromatic heterocycles. The van der Waals surface area contributed by atoms with E-state index in [4.69, 9.17) is 0 Å². The number of carbonyl (C=O) groups excluding carboxylic acids is 1. The van der Waals surface area contributed by atoms with Gasteiger partial charge in [0.15, 0.2) is 0 Å². The fourth-order valence-corrected chi connectivity index (χ4v) is 3.90. The number of aliphatic hydroxyl groups excluding tert-OH is 1. The molecule has 0 saturated heterocycles. The maximum Gasteiger partial charge on any atom is 0.251 e.